The van der Waals surface area contributed by atoms with Crippen LogP contribution in [0.2, 0.25) is 0 Å². The van der Waals surface area contributed by atoms with Crippen molar-refractivity contribution in [3.05, 3.63) is 133 Å². The Kier molecular flexibility index (Phi) is 6.33. The molecule has 0 spiro atoms. The average Bonchev–Trinajstić information content (AvgIpc) is 2.98. The number of nitrogens with zero attached hydrogens (tertiary/aromatic N) is 2. The van der Waals surface area contributed by atoms with E-state index in [-0.39, 0.29) is 20.1 Å². The van der Waals surface area contributed by atoms with E-state index in [2.05, 4.69) is 89.7 Å². The van der Waals surface area contributed by atoms with Gasteiger partial charge in [-0.1, -0.05) is 70.9 Å². The van der Waals surface area contributed by atoms with E-state index in [0.717, 1.165) is 22.2 Å². The Balaban J connectivity index is 0.000000162. The summed E-state index contributed by atoms with van der Waals surface area (Å²) < 4.78 is 0. The molecule has 0 N–H and O–H groups in total. The molecule has 38 heavy (non-hydrogen) atoms. The second kappa shape index (κ2) is 9.95. The van der Waals surface area contributed by atoms with Gasteiger partial charge < -0.3 is 9.97 Å². The summed E-state index contributed by atoms with van der Waals surface area (Å²) in [4.78, 5) is 9.00. The van der Waals surface area contributed by atoms with E-state index >= 15 is 0 Å². The molecule has 6 aromatic carbocycles. The summed E-state index contributed by atoms with van der Waals surface area (Å²) in [6, 6.07) is 42.2. The van der Waals surface area contributed by atoms with Crippen molar-refractivity contribution >= 4 is 54.0 Å². The van der Waals surface area contributed by atoms with Crippen molar-refractivity contribution in [2.75, 3.05) is 0 Å². The molecule has 0 saturated heterocycles. The predicted molar refractivity (Wildman–Crippen MR) is 155 cm³/mol. The van der Waals surface area contributed by atoms with Gasteiger partial charge >= 0.3 is 0 Å². The SMILES string of the molecule is Cc1cccnc1-c1[c-]cccc1.[Ir].[c-]1ccc2c3ccccc3c3cccc4c5cccnc5c1c2c34. The third-order valence-corrected chi connectivity index (χ3v) is 7.13. The summed E-state index contributed by atoms with van der Waals surface area (Å²) in [7, 11) is 0. The molecule has 0 aliphatic heterocycles. The minimum atomic E-state index is 0. The van der Waals surface area contributed by atoms with E-state index in [4.69, 9.17) is 0 Å². The van der Waals surface area contributed by atoms with Crippen LogP contribution in [0.25, 0.3) is 65.3 Å². The van der Waals surface area contributed by atoms with Gasteiger partial charge in [0.15, 0.2) is 0 Å². The van der Waals surface area contributed by atoms with Crippen LogP contribution in [0.3, 0.4) is 0 Å². The number of hydrogen-bond donors (Lipinski definition) is 0. The summed E-state index contributed by atoms with van der Waals surface area (Å²) in [5.74, 6) is 0. The molecule has 8 rings (SSSR count). The molecule has 0 aliphatic rings. The van der Waals surface area contributed by atoms with Gasteiger partial charge in [0.25, 0.3) is 0 Å². The van der Waals surface area contributed by atoms with Gasteiger partial charge in [0.2, 0.25) is 0 Å². The van der Waals surface area contributed by atoms with Crippen LogP contribution in [-0.4, -0.2) is 9.97 Å². The molecular formula is C35H22IrN2-2. The Morgan fingerprint density at radius 3 is 1.95 bits per heavy atom. The molecular weight excluding hydrogens is 641 g/mol. The zero-order valence-corrected chi connectivity index (χ0v) is 23.1. The fourth-order valence-electron chi connectivity index (χ4n) is 5.52. The van der Waals surface area contributed by atoms with Crippen LogP contribution < -0.4 is 0 Å². The number of benzene rings is 6. The van der Waals surface area contributed by atoms with Crippen LogP contribution >= 0.6 is 0 Å². The maximum atomic E-state index is 4.68. The molecule has 2 aromatic heterocycles. The first-order chi connectivity index (χ1) is 18.3. The second-order valence-electron chi connectivity index (χ2n) is 9.26. The Morgan fingerprint density at radius 2 is 1.18 bits per heavy atom. The predicted octanol–water partition coefficient (Wildman–Crippen LogP) is 8.94. The van der Waals surface area contributed by atoms with Crippen molar-refractivity contribution in [1.29, 1.82) is 0 Å². The standard InChI is InChI=1S/C23H12N.C12H10N.Ir/c1-2-7-15-14(6-1)16-8-3-10-18-19-12-5-13-24-23(19)20-11-4-9-17(15)22(20)21(16)18;1-10-6-5-9-13-12(10)11-7-3-2-4-8-11;/h1-10,12-13H;2-7,9H,1H3;/q2*-1;. The van der Waals surface area contributed by atoms with Crippen LogP contribution in [0, 0.1) is 19.1 Å². The monoisotopic (exact) mass is 663 g/mol. The minimum absolute atomic E-state index is 0. The molecule has 0 amide bonds. The third kappa shape index (κ3) is 3.83. The largest absolute Gasteiger partial charge is 0.304 e. The van der Waals surface area contributed by atoms with Crippen molar-refractivity contribution in [2.24, 2.45) is 0 Å². The van der Waals surface area contributed by atoms with Gasteiger partial charge in [-0.2, -0.15) is 0 Å². The van der Waals surface area contributed by atoms with Gasteiger partial charge in [0.05, 0.1) is 0 Å². The topological polar surface area (TPSA) is 25.8 Å². The molecule has 8 aromatic rings. The van der Waals surface area contributed by atoms with Crippen molar-refractivity contribution in [2.45, 2.75) is 6.92 Å². The Morgan fingerprint density at radius 1 is 0.526 bits per heavy atom. The molecule has 0 atom stereocenters. The van der Waals surface area contributed by atoms with Crippen molar-refractivity contribution < 1.29 is 20.1 Å². The van der Waals surface area contributed by atoms with E-state index in [1.807, 2.05) is 54.9 Å². The fourth-order valence-corrected chi connectivity index (χ4v) is 5.52. The number of fused-ring (bicyclic) bond motifs is 6. The van der Waals surface area contributed by atoms with Gasteiger partial charge in [0, 0.05) is 32.5 Å². The van der Waals surface area contributed by atoms with Gasteiger partial charge in [-0.05, 0) is 62.6 Å². The average molecular weight is 663 g/mol. The molecule has 0 fully saturated rings. The van der Waals surface area contributed by atoms with Crippen LogP contribution in [0.5, 0.6) is 0 Å². The van der Waals surface area contributed by atoms with Crippen LogP contribution in [0.15, 0.2) is 116 Å². The molecule has 2 heterocycles. The van der Waals surface area contributed by atoms with E-state index in [1.54, 1.807) is 0 Å². The Bertz CT molecular complexity index is 1840. The first kappa shape index (κ1) is 24.2. The zero-order chi connectivity index (χ0) is 24.8. The van der Waals surface area contributed by atoms with E-state index in [1.165, 1.54) is 48.7 Å². The minimum Gasteiger partial charge on any atom is -0.304 e. The van der Waals surface area contributed by atoms with Crippen molar-refractivity contribution in [1.82, 2.24) is 9.97 Å². The number of rotatable bonds is 1. The number of hydrogen-bond acceptors (Lipinski definition) is 2. The maximum absolute atomic E-state index is 4.68. The molecule has 2 nitrogen and oxygen atoms in total. The summed E-state index contributed by atoms with van der Waals surface area (Å²) >= 11 is 0. The molecule has 3 heteroatoms. The second-order valence-corrected chi connectivity index (χ2v) is 9.26. The smallest absolute Gasteiger partial charge is 0.0161 e. The van der Waals surface area contributed by atoms with Crippen LogP contribution in [0.1, 0.15) is 5.56 Å². The maximum Gasteiger partial charge on any atom is 0.0161 e. The Hall–Kier alpha value is -4.17. The van der Waals surface area contributed by atoms with E-state index in [9.17, 15) is 0 Å². The number of aromatic nitrogens is 2. The molecule has 0 aliphatic carbocycles. The third-order valence-electron chi connectivity index (χ3n) is 7.13. The first-order valence-corrected chi connectivity index (χ1v) is 12.4. The molecule has 0 unspecified atom stereocenters. The number of pyridine rings is 2. The first-order valence-electron chi connectivity index (χ1n) is 12.4. The van der Waals surface area contributed by atoms with Gasteiger partial charge in [0.1, 0.15) is 0 Å². The molecule has 0 saturated carbocycles. The van der Waals surface area contributed by atoms with E-state index in [0.29, 0.717) is 0 Å². The van der Waals surface area contributed by atoms with Gasteiger partial charge in [-0.3, -0.25) is 0 Å². The summed E-state index contributed by atoms with van der Waals surface area (Å²) in [6.45, 7) is 2.06. The summed E-state index contributed by atoms with van der Waals surface area (Å²) in [5.41, 5.74) is 4.30. The molecule has 183 valence electrons. The normalized spacial score (nSPS) is 11.1. The van der Waals surface area contributed by atoms with Crippen molar-refractivity contribution in [3.63, 3.8) is 0 Å². The molecule has 1 radical (unpaired) electrons. The van der Waals surface area contributed by atoms with Gasteiger partial charge in [-0.25, -0.2) is 0 Å². The summed E-state index contributed by atoms with van der Waals surface area (Å²) in [5, 5.41) is 11.4. The summed E-state index contributed by atoms with van der Waals surface area (Å²) in [6.07, 6.45) is 3.68. The Labute approximate surface area is 234 Å². The number of aryl methyl sites for hydroxylation is 1. The zero-order valence-electron chi connectivity index (χ0n) is 20.7. The molecule has 0 bridgehead atoms. The fraction of sp³-hybridized carbons (Fsp3) is 0.0286. The van der Waals surface area contributed by atoms with E-state index < -0.39 is 0 Å². The van der Waals surface area contributed by atoms with Crippen LogP contribution in [-0.2, 0) is 20.1 Å². The van der Waals surface area contributed by atoms with Crippen LogP contribution in [0.4, 0.5) is 0 Å². The quantitative estimate of drug-likeness (QED) is 0.0997. The van der Waals surface area contributed by atoms with Crippen molar-refractivity contribution in [3.8, 4) is 11.3 Å². The van der Waals surface area contributed by atoms with Gasteiger partial charge in [-0.15, -0.1) is 59.5 Å².